The van der Waals surface area contributed by atoms with Crippen LogP contribution in [-0.2, 0) is 0 Å². The van der Waals surface area contributed by atoms with Crippen molar-refractivity contribution in [3.63, 3.8) is 0 Å². The molecule has 0 saturated carbocycles. The third kappa shape index (κ3) is 8.29. The summed E-state index contributed by atoms with van der Waals surface area (Å²) in [6.07, 6.45) is 20.2. The van der Waals surface area contributed by atoms with Gasteiger partial charge in [-0.3, -0.25) is 0 Å². The van der Waals surface area contributed by atoms with E-state index in [1.165, 1.54) is 103 Å². The molecule has 1 fully saturated rings. The molecule has 0 bridgehead atoms. The van der Waals surface area contributed by atoms with Gasteiger partial charge in [-0.15, -0.1) is 0 Å². The molecule has 1 heteroatoms. The summed E-state index contributed by atoms with van der Waals surface area (Å²) >= 11 is 0. The highest BCUT2D eigenvalue weighted by molar-refractivity contribution is 4.74. The summed E-state index contributed by atoms with van der Waals surface area (Å²) in [4.78, 5) is 2.85. The SMILES string of the molecule is CCCCCCCC(CCCCC)N1CCCCCC1. The Kier molecular flexibility index (Phi) is 11.4. The van der Waals surface area contributed by atoms with E-state index in [9.17, 15) is 0 Å². The topological polar surface area (TPSA) is 3.24 Å². The number of hydrogen-bond donors (Lipinski definition) is 0. The van der Waals surface area contributed by atoms with Gasteiger partial charge in [0, 0.05) is 6.04 Å². The van der Waals surface area contributed by atoms with Crippen molar-refractivity contribution in [3.05, 3.63) is 0 Å². The van der Waals surface area contributed by atoms with Crippen molar-refractivity contribution in [2.24, 2.45) is 0 Å². The Morgan fingerprint density at radius 3 is 1.75 bits per heavy atom. The van der Waals surface area contributed by atoms with Gasteiger partial charge in [-0.25, -0.2) is 0 Å². The number of likely N-dealkylation sites (tertiary alicyclic amines) is 1. The smallest absolute Gasteiger partial charge is 0.00952 e. The van der Waals surface area contributed by atoms with Crippen molar-refractivity contribution < 1.29 is 0 Å². The molecule has 1 aliphatic heterocycles. The Bertz CT molecular complexity index is 194. The molecule has 0 aromatic heterocycles. The fourth-order valence-electron chi connectivity index (χ4n) is 3.58. The van der Waals surface area contributed by atoms with E-state index in [1.807, 2.05) is 0 Å². The largest absolute Gasteiger partial charge is 0.300 e. The highest BCUT2D eigenvalue weighted by Crippen LogP contribution is 2.21. The minimum absolute atomic E-state index is 0.904. The standard InChI is InChI=1S/C19H39N/c1-3-5-7-8-12-16-19(15-11-6-4-2)20-17-13-9-10-14-18-20/h19H,3-18H2,1-2H3. The van der Waals surface area contributed by atoms with Crippen LogP contribution in [0.2, 0.25) is 0 Å². The summed E-state index contributed by atoms with van der Waals surface area (Å²) in [6, 6.07) is 0.904. The summed E-state index contributed by atoms with van der Waals surface area (Å²) in [6.45, 7) is 7.40. The van der Waals surface area contributed by atoms with Crippen molar-refractivity contribution >= 4 is 0 Å². The molecule has 1 heterocycles. The molecule has 1 saturated heterocycles. The van der Waals surface area contributed by atoms with Crippen LogP contribution in [0, 0.1) is 0 Å². The molecule has 0 spiro atoms. The van der Waals surface area contributed by atoms with E-state index < -0.39 is 0 Å². The van der Waals surface area contributed by atoms with Gasteiger partial charge in [0.05, 0.1) is 0 Å². The summed E-state index contributed by atoms with van der Waals surface area (Å²) in [5, 5.41) is 0. The summed E-state index contributed by atoms with van der Waals surface area (Å²) in [7, 11) is 0. The van der Waals surface area contributed by atoms with Gasteiger partial charge >= 0.3 is 0 Å². The van der Waals surface area contributed by atoms with Gasteiger partial charge in [0.2, 0.25) is 0 Å². The molecule has 0 aliphatic carbocycles. The lowest BCUT2D eigenvalue weighted by Crippen LogP contribution is -2.36. The van der Waals surface area contributed by atoms with Crippen LogP contribution in [0.25, 0.3) is 0 Å². The second-order valence-corrected chi connectivity index (χ2v) is 6.80. The van der Waals surface area contributed by atoms with Crippen molar-refractivity contribution in [3.8, 4) is 0 Å². The van der Waals surface area contributed by atoms with Gasteiger partial charge in [0.25, 0.3) is 0 Å². The van der Waals surface area contributed by atoms with Crippen LogP contribution in [0.3, 0.4) is 0 Å². The van der Waals surface area contributed by atoms with Gasteiger partial charge < -0.3 is 4.90 Å². The Balaban J connectivity index is 2.29. The van der Waals surface area contributed by atoms with Crippen molar-refractivity contribution in [1.29, 1.82) is 0 Å². The first kappa shape index (κ1) is 18.0. The van der Waals surface area contributed by atoms with Gasteiger partial charge in [-0.1, -0.05) is 78.1 Å². The van der Waals surface area contributed by atoms with E-state index >= 15 is 0 Å². The average Bonchev–Trinajstić information content (AvgIpc) is 2.74. The van der Waals surface area contributed by atoms with Crippen LogP contribution in [-0.4, -0.2) is 24.0 Å². The van der Waals surface area contributed by atoms with Gasteiger partial charge in [-0.2, -0.15) is 0 Å². The third-order valence-corrected chi connectivity index (χ3v) is 4.94. The lowest BCUT2D eigenvalue weighted by Gasteiger charge is -2.31. The number of rotatable bonds is 11. The van der Waals surface area contributed by atoms with Gasteiger partial charge in [0.1, 0.15) is 0 Å². The summed E-state index contributed by atoms with van der Waals surface area (Å²) < 4.78 is 0. The Labute approximate surface area is 128 Å². The monoisotopic (exact) mass is 281 g/mol. The van der Waals surface area contributed by atoms with Crippen LogP contribution in [0.1, 0.15) is 104 Å². The normalized spacial score (nSPS) is 18.9. The molecule has 20 heavy (non-hydrogen) atoms. The highest BCUT2D eigenvalue weighted by atomic mass is 15.1. The lowest BCUT2D eigenvalue weighted by atomic mass is 9.99. The molecule has 0 N–H and O–H groups in total. The maximum atomic E-state index is 2.85. The minimum atomic E-state index is 0.904. The van der Waals surface area contributed by atoms with Crippen LogP contribution < -0.4 is 0 Å². The highest BCUT2D eigenvalue weighted by Gasteiger charge is 2.18. The summed E-state index contributed by atoms with van der Waals surface area (Å²) in [5.41, 5.74) is 0. The summed E-state index contributed by atoms with van der Waals surface area (Å²) in [5.74, 6) is 0. The van der Waals surface area contributed by atoms with Crippen LogP contribution in [0.5, 0.6) is 0 Å². The molecule has 1 atom stereocenters. The van der Waals surface area contributed by atoms with Crippen molar-refractivity contribution in [1.82, 2.24) is 4.90 Å². The maximum absolute atomic E-state index is 2.85. The Morgan fingerprint density at radius 1 is 0.650 bits per heavy atom. The molecular formula is C19H39N. The molecule has 120 valence electrons. The number of nitrogens with zero attached hydrogens (tertiary/aromatic N) is 1. The first-order valence-electron chi connectivity index (χ1n) is 9.62. The first-order valence-corrected chi connectivity index (χ1v) is 9.62. The quantitative estimate of drug-likeness (QED) is 0.409. The molecule has 1 unspecified atom stereocenters. The van der Waals surface area contributed by atoms with Crippen LogP contribution >= 0.6 is 0 Å². The number of unbranched alkanes of at least 4 members (excludes halogenated alkanes) is 6. The molecule has 1 nitrogen and oxygen atoms in total. The fraction of sp³-hybridized carbons (Fsp3) is 1.00. The molecule has 0 aromatic carbocycles. The van der Waals surface area contributed by atoms with Crippen molar-refractivity contribution in [2.75, 3.05) is 13.1 Å². The van der Waals surface area contributed by atoms with Crippen LogP contribution in [0.15, 0.2) is 0 Å². The average molecular weight is 282 g/mol. The second kappa shape index (κ2) is 12.7. The van der Waals surface area contributed by atoms with E-state index in [4.69, 9.17) is 0 Å². The van der Waals surface area contributed by atoms with E-state index in [-0.39, 0.29) is 0 Å². The number of hydrogen-bond acceptors (Lipinski definition) is 1. The molecule has 0 aromatic rings. The molecular weight excluding hydrogens is 242 g/mol. The Morgan fingerprint density at radius 2 is 1.15 bits per heavy atom. The van der Waals surface area contributed by atoms with Gasteiger partial charge in [-0.05, 0) is 38.8 Å². The van der Waals surface area contributed by atoms with E-state index in [0.29, 0.717) is 0 Å². The molecule has 0 amide bonds. The van der Waals surface area contributed by atoms with Crippen molar-refractivity contribution in [2.45, 2.75) is 110 Å². The zero-order chi connectivity index (χ0) is 14.5. The Hall–Kier alpha value is -0.0400. The molecule has 0 radical (unpaired) electrons. The lowest BCUT2D eigenvalue weighted by molar-refractivity contribution is 0.177. The van der Waals surface area contributed by atoms with E-state index in [0.717, 1.165) is 6.04 Å². The zero-order valence-electron chi connectivity index (χ0n) is 14.3. The van der Waals surface area contributed by atoms with Crippen LogP contribution in [0.4, 0.5) is 0 Å². The van der Waals surface area contributed by atoms with E-state index in [2.05, 4.69) is 18.7 Å². The minimum Gasteiger partial charge on any atom is -0.300 e. The molecule has 1 aliphatic rings. The third-order valence-electron chi connectivity index (χ3n) is 4.94. The zero-order valence-corrected chi connectivity index (χ0v) is 14.3. The first-order chi connectivity index (χ1) is 9.88. The second-order valence-electron chi connectivity index (χ2n) is 6.80. The maximum Gasteiger partial charge on any atom is 0.00952 e. The van der Waals surface area contributed by atoms with E-state index in [1.54, 1.807) is 0 Å². The predicted molar refractivity (Wildman–Crippen MR) is 91.3 cm³/mol. The predicted octanol–water partition coefficient (Wildman–Crippen LogP) is 6.17. The van der Waals surface area contributed by atoms with Gasteiger partial charge in [0.15, 0.2) is 0 Å². The fourth-order valence-corrected chi connectivity index (χ4v) is 3.58. The molecule has 1 rings (SSSR count).